The van der Waals surface area contributed by atoms with Gasteiger partial charge in [-0.15, -0.1) is 11.3 Å². The van der Waals surface area contributed by atoms with E-state index in [4.69, 9.17) is 48.4 Å². The van der Waals surface area contributed by atoms with Gasteiger partial charge in [-0.1, -0.05) is 6.07 Å². The number of hydrogen-bond acceptors (Lipinski definition) is 21. The van der Waals surface area contributed by atoms with Gasteiger partial charge in [0.2, 0.25) is 5.75 Å². The number of cyclic esters (lactones) is 1. The second kappa shape index (κ2) is 12.0. The lowest BCUT2D eigenvalue weighted by Crippen LogP contribution is -2.69. The molecule has 5 aliphatic rings. The maximum absolute atomic E-state index is 13.7. The largest absolute Gasteiger partial charge is 0.502 e. The lowest BCUT2D eigenvalue weighted by Gasteiger charge is -2.51. The zero-order chi connectivity index (χ0) is 38.0. The number of carbonyl (C=O) groups excluding carboxylic acids is 1. The fourth-order valence-electron chi connectivity index (χ4n) is 7.54. The standard InChI is InChI=1S/C32H33NO19S/c1-44-15-6-10(7-16(45-2)20(15)34)29(38)12-9-14-13(49-32(33,43)50-14)8-11(12)23(18-19(29)26(37)51-30(18,39)40)46-28-22(36)21(35)24-25(48-28)31(41,42)52-27(47-24)17-4-3-5-53-17/h3-9,18-19,21-25,27-28,34-36,38-43H,33H2,1-2H3. The van der Waals surface area contributed by atoms with Crippen molar-refractivity contribution in [3.05, 3.63) is 63.3 Å². The van der Waals surface area contributed by atoms with E-state index in [1.54, 1.807) is 17.5 Å². The van der Waals surface area contributed by atoms with Crippen molar-refractivity contribution in [3.63, 3.8) is 0 Å². The van der Waals surface area contributed by atoms with Crippen LogP contribution in [-0.4, -0.2) is 115 Å². The molecule has 1 aliphatic carbocycles. The average molecular weight is 768 g/mol. The number of aliphatic hydroxyl groups is 8. The lowest BCUT2D eigenvalue weighted by molar-refractivity contribution is -0.503. The van der Waals surface area contributed by atoms with Crippen LogP contribution in [0.2, 0.25) is 0 Å². The molecule has 3 aromatic rings. The molecule has 286 valence electrons. The number of methoxy groups -OCH3 is 2. The smallest absolute Gasteiger partial charge is 0.439 e. The third-order valence-electron chi connectivity index (χ3n) is 9.87. The number of carbonyl (C=O) groups is 1. The van der Waals surface area contributed by atoms with Crippen LogP contribution in [0.1, 0.15) is 34.0 Å². The number of hydrogen-bond donors (Lipinski definition) is 10. The number of thiophene rings is 1. The third kappa shape index (κ3) is 5.44. The van der Waals surface area contributed by atoms with Gasteiger partial charge in [-0.25, -0.2) is 5.73 Å². The summed E-state index contributed by atoms with van der Waals surface area (Å²) in [6.45, 7) is 0. The van der Waals surface area contributed by atoms with Crippen molar-refractivity contribution in [3.8, 4) is 28.7 Å². The van der Waals surface area contributed by atoms with Crippen molar-refractivity contribution in [2.45, 2.75) is 66.7 Å². The maximum Gasteiger partial charge on any atom is 0.439 e. The summed E-state index contributed by atoms with van der Waals surface area (Å²) >= 11 is 1.15. The van der Waals surface area contributed by atoms with E-state index in [1.165, 1.54) is 14.2 Å². The molecule has 8 rings (SSSR count). The van der Waals surface area contributed by atoms with Gasteiger partial charge in [-0.05, 0) is 52.4 Å². The number of aliphatic hydroxyl groups excluding tert-OH is 2. The zero-order valence-corrected chi connectivity index (χ0v) is 28.1. The molecule has 0 saturated carbocycles. The molecule has 11 atom stereocenters. The van der Waals surface area contributed by atoms with Gasteiger partial charge in [0.1, 0.15) is 35.7 Å². The van der Waals surface area contributed by atoms with Crippen molar-refractivity contribution in [2.75, 3.05) is 14.2 Å². The highest BCUT2D eigenvalue weighted by Crippen LogP contribution is 2.62. The number of phenols is 1. The Balaban J connectivity index is 1.26. The maximum atomic E-state index is 13.7. The van der Waals surface area contributed by atoms with Gasteiger partial charge < -0.3 is 83.9 Å². The topological polar surface area (TPSA) is 308 Å². The van der Waals surface area contributed by atoms with Crippen molar-refractivity contribution in [1.29, 1.82) is 0 Å². The van der Waals surface area contributed by atoms with Crippen LogP contribution in [0, 0.1) is 11.8 Å². The van der Waals surface area contributed by atoms with Crippen LogP contribution >= 0.6 is 11.3 Å². The van der Waals surface area contributed by atoms with Crippen LogP contribution < -0.4 is 24.7 Å². The van der Waals surface area contributed by atoms with E-state index in [0.717, 1.165) is 35.6 Å². The molecular weight excluding hydrogens is 734 g/mol. The molecule has 3 fully saturated rings. The molecule has 1 aromatic heterocycles. The lowest BCUT2D eigenvalue weighted by atomic mass is 9.62. The summed E-state index contributed by atoms with van der Waals surface area (Å²) < 4.78 is 49.0. The SMILES string of the molecule is COc1cc(C2(O)c3cc4c(cc3C(OC3OC5C(OC(c6cccs6)OC5(O)O)C(O)C3O)C3C2C(=O)OC3(O)O)OC(N)(O)O4)cc(OC)c1O. The van der Waals surface area contributed by atoms with Crippen LogP contribution in [0.5, 0.6) is 28.7 Å². The first kappa shape index (κ1) is 36.1. The minimum Gasteiger partial charge on any atom is -0.502 e. The first-order valence-corrected chi connectivity index (χ1v) is 16.7. The van der Waals surface area contributed by atoms with E-state index >= 15 is 0 Å². The number of phenolic OH excluding ortho intramolecular Hbond substituents is 1. The molecule has 11 unspecified atom stereocenters. The molecule has 0 spiro atoms. The monoisotopic (exact) mass is 767 g/mol. The second-order valence-electron chi connectivity index (χ2n) is 13.0. The summed E-state index contributed by atoms with van der Waals surface area (Å²) in [7, 11) is 2.40. The number of rotatable bonds is 6. The summed E-state index contributed by atoms with van der Waals surface area (Å²) in [5.41, 5.74) is 2.27. The van der Waals surface area contributed by atoms with E-state index in [9.17, 15) is 50.8 Å². The summed E-state index contributed by atoms with van der Waals surface area (Å²) in [6, 6.07) is 7.73. The Morgan fingerprint density at radius 3 is 2.15 bits per heavy atom. The molecule has 0 amide bonds. The predicted molar refractivity (Wildman–Crippen MR) is 166 cm³/mol. The van der Waals surface area contributed by atoms with E-state index in [0.29, 0.717) is 4.88 Å². The number of fused-ring (bicyclic) bond motifs is 4. The van der Waals surface area contributed by atoms with E-state index in [1.807, 2.05) is 0 Å². The molecule has 0 bridgehead atoms. The van der Waals surface area contributed by atoms with Crippen molar-refractivity contribution in [1.82, 2.24) is 0 Å². The van der Waals surface area contributed by atoms with Crippen LogP contribution in [0.25, 0.3) is 0 Å². The Hall–Kier alpha value is -3.91. The first-order chi connectivity index (χ1) is 24.9. The minimum absolute atomic E-state index is 0.218. The predicted octanol–water partition coefficient (Wildman–Crippen LogP) is -2.26. The van der Waals surface area contributed by atoms with Crippen LogP contribution in [0.4, 0.5) is 0 Å². The number of benzene rings is 2. The molecular formula is C32H33NO19S. The van der Waals surface area contributed by atoms with Crippen LogP contribution in [0.15, 0.2) is 41.8 Å². The first-order valence-electron chi connectivity index (χ1n) is 15.8. The van der Waals surface area contributed by atoms with Gasteiger partial charge in [-0.2, -0.15) is 0 Å². The molecule has 53 heavy (non-hydrogen) atoms. The third-order valence-corrected chi connectivity index (χ3v) is 10.8. The summed E-state index contributed by atoms with van der Waals surface area (Å²) in [4.78, 5) is 14.1. The Kier molecular flexibility index (Phi) is 8.20. The molecule has 2 aromatic carbocycles. The molecule has 3 saturated heterocycles. The van der Waals surface area contributed by atoms with Crippen molar-refractivity contribution < 1.29 is 93.4 Å². The Morgan fingerprint density at radius 2 is 1.53 bits per heavy atom. The van der Waals surface area contributed by atoms with Crippen LogP contribution in [0.3, 0.4) is 0 Å². The highest BCUT2D eigenvalue weighted by atomic mass is 32.1. The Bertz CT molecular complexity index is 1910. The Labute approximate surface area is 301 Å². The molecule has 5 heterocycles. The van der Waals surface area contributed by atoms with E-state index in [-0.39, 0.29) is 39.7 Å². The van der Waals surface area contributed by atoms with Crippen LogP contribution in [-0.2, 0) is 34.1 Å². The normalized spacial score (nSPS) is 37.6. The van der Waals surface area contributed by atoms with Gasteiger partial charge >= 0.3 is 24.0 Å². The number of nitrogens with two attached hydrogens (primary N) is 1. The number of ether oxygens (including phenoxy) is 9. The average Bonchev–Trinajstić information content (AvgIpc) is 3.79. The fraction of sp³-hybridized carbons (Fsp3) is 0.469. The van der Waals surface area contributed by atoms with Gasteiger partial charge in [0.15, 0.2) is 41.7 Å². The van der Waals surface area contributed by atoms with Gasteiger partial charge in [0.25, 0.3) is 0 Å². The Morgan fingerprint density at radius 1 is 0.868 bits per heavy atom. The molecule has 4 aliphatic heterocycles. The minimum atomic E-state index is -3.42. The highest BCUT2D eigenvalue weighted by Gasteiger charge is 2.70. The molecule has 11 N–H and O–H groups in total. The second-order valence-corrected chi connectivity index (χ2v) is 14.0. The zero-order valence-electron chi connectivity index (χ0n) is 27.3. The molecule has 21 heteroatoms. The van der Waals surface area contributed by atoms with E-state index < -0.39 is 90.3 Å². The van der Waals surface area contributed by atoms with Gasteiger partial charge in [0.05, 0.1) is 25.2 Å². The van der Waals surface area contributed by atoms with Gasteiger partial charge in [-0.3, -0.25) is 9.53 Å². The number of aromatic hydroxyl groups is 1. The summed E-state index contributed by atoms with van der Waals surface area (Å²) in [5, 5.41) is 102. The number of esters is 1. The summed E-state index contributed by atoms with van der Waals surface area (Å²) in [6.07, 6.45) is -15.6. The molecule has 20 nitrogen and oxygen atoms in total. The van der Waals surface area contributed by atoms with Crippen molar-refractivity contribution >= 4 is 17.3 Å². The fourth-order valence-corrected chi connectivity index (χ4v) is 8.23. The van der Waals surface area contributed by atoms with Crippen molar-refractivity contribution in [2.24, 2.45) is 17.6 Å². The van der Waals surface area contributed by atoms with Gasteiger partial charge in [0, 0.05) is 0 Å². The highest BCUT2D eigenvalue weighted by molar-refractivity contribution is 7.10. The molecule has 0 radical (unpaired) electrons. The quantitative estimate of drug-likeness (QED) is 0.0935. The van der Waals surface area contributed by atoms with E-state index in [2.05, 4.69) is 0 Å². The summed E-state index contributed by atoms with van der Waals surface area (Å²) in [5.74, 6) is -13.4.